The van der Waals surface area contributed by atoms with Gasteiger partial charge in [-0.1, -0.05) is 182 Å². The van der Waals surface area contributed by atoms with Gasteiger partial charge >= 0.3 is 24.4 Å². The number of nitrogens with two attached hydrogens (primary N) is 3. The minimum atomic E-state index is -0.615. The number of carbonyl (C=O) groups excluding carboxylic acids is 11. The molecule has 9 aromatic carbocycles. The molecule has 33 heteroatoms. The van der Waals surface area contributed by atoms with Gasteiger partial charge in [0.1, 0.15) is 26.4 Å². The Kier molecular flexibility index (Phi) is 52.5. The van der Waals surface area contributed by atoms with Crippen molar-refractivity contribution in [2.75, 3.05) is 33.3 Å². The number of nitrogens with one attached hydrogen (secondary N) is 10. The molecule has 0 unspecified atom stereocenters. The van der Waals surface area contributed by atoms with Crippen molar-refractivity contribution in [3.8, 4) is 0 Å². The summed E-state index contributed by atoms with van der Waals surface area (Å²) in [5.41, 5.74) is 26.5. The number of alkyl halides is 2. The quantitative estimate of drug-likeness (QED) is 0.00497. The first kappa shape index (κ1) is 97.6. The average Bonchev–Trinajstić information content (AvgIpc) is 0.905. The number of amides is 10. The van der Waals surface area contributed by atoms with Gasteiger partial charge in [-0.15, -0.1) is 23.2 Å². The van der Waals surface area contributed by atoms with E-state index in [2.05, 4.69) is 53.2 Å². The third-order valence-corrected chi connectivity index (χ3v) is 15.0. The summed E-state index contributed by atoms with van der Waals surface area (Å²) in [5.74, 6) is -0.247. The van der Waals surface area contributed by atoms with Gasteiger partial charge in [-0.2, -0.15) is 12.8 Å². The van der Waals surface area contributed by atoms with Gasteiger partial charge < -0.3 is 98.9 Å². The molecule has 584 valence electrons. The van der Waals surface area contributed by atoms with Crippen molar-refractivity contribution in [3.05, 3.63) is 321 Å². The first-order valence-electron chi connectivity index (χ1n) is 33.4. The first-order valence-corrected chi connectivity index (χ1v) is 34.8. The average molecular weight is 1740 g/mol. The second-order valence-electron chi connectivity index (χ2n) is 22.1. The third kappa shape index (κ3) is 43.2. The fourth-order valence-corrected chi connectivity index (χ4v) is 8.84. The minimum Gasteiger partial charge on any atom is -0.526 e. The summed E-state index contributed by atoms with van der Waals surface area (Å²) in [4.78, 5) is 123. The van der Waals surface area contributed by atoms with E-state index in [1.165, 1.54) is 0 Å². The second-order valence-corrected chi connectivity index (χ2v) is 22.9. The van der Waals surface area contributed by atoms with Crippen molar-refractivity contribution < 1.29 is 137 Å². The van der Waals surface area contributed by atoms with Crippen LogP contribution < -0.4 is 70.4 Å². The Morgan fingerprint density at radius 1 is 0.295 bits per heavy atom. The van der Waals surface area contributed by atoms with Crippen molar-refractivity contribution in [2.24, 2.45) is 17.2 Å². The molecule has 0 atom stereocenters. The number of rotatable bonds is 30. The largest absolute Gasteiger partial charge is 0.526 e. The van der Waals surface area contributed by atoms with Gasteiger partial charge in [0.2, 0.25) is 0 Å². The zero-order valence-corrected chi connectivity index (χ0v) is 68.6. The SMILES string of the molecule is NCNC(=O)OCc1ccccc1.NCNC(=O)c1ccc(CN[C-]=O)cc1.NCc1ccc(C(=O)NCNC(=O)OCc2ccccc2)cc1.O=C(Cl)c1ccc(CCl)cc1.O=C(NCNC(=O)c1ccc(CCl)cc1)OCc1ccccc1.O=[C-]NCc1ccc(C(=O)NCNC(=O)OCc2ccccc2)cc1.[Y].[Y]. The summed E-state index contributed by atoms with van der Waals surface area (Å²) < 4.78 is 19.9. The molecule has 0 saturated carbocycles. The zero-order chi connectivity index (χ0) is 79.8. The second kappa shape index (κ2) is 60.3. The van der Waals surface area contributed by atoms with Crippen LogP contribution in [0.1, 0.15) is 102 Å². The predicted octanol–water partition coefficient (Wildman–Crippen LogP) is 9.37. The van der Waals surface area contributed by atoms with Crippen LogP contribution >= 0.6 is 34.8 Å². The van der Waals surface area contributed by atoms with E-state index in [1.54, 1.807) is 134 Å². The van der Waals surface area contributed by atoms with Crippen LogP contribution in [0.15, 0.2) is 243 Å². The molecule has 9 rings (SSSR count). The van der Waals surface area contributed by atoms with Crippen LogP contribution in [0.4, 0.5) is 19.2 Å². The molecule has 2 radical (unpaired) electrons. The van der Waals surface area contributed by atoms with E-state index >= 15 is 0 Å². The molecule has 112 heavy (non-hydrogen) atoms. The summed E-state index contributed by atoms with van der Waals surface area (Å²) >= 11 is 16.5. The molecule has 0 fully saturated rings. The topological polar surface area (TPSA) is 423 Å². The monoisotopic (exact) mass is 1740 g/mol. The fourth-order valence-electron chi connectivity index (χ4n) is 8.36. The Bertz CT molecular complexity index is 4110. The summed E-state index contributed by atoms with van der Waals surface area (Å²) in [6.07, 6.45) is 0.869. The molecule has 0 heterocycles. The van der Waals surface area contributed by atoms with Gasteiger partial charge in [0.25, 0.3) is 28.9 Å². The van der Waals surface area contributed by atoms with Crippen molar-refractivity contribution >= 4 is 101 Å². The van der Waals surface area contributed by atoms with Gasteiger partial charge in [-0.05, 0) is 122 Å². The molecule has 0 aliphatic rings. The minimum absolute atomic E-state index is 0. The Labute approximate surface area is 713 Å². The molecule has 0 aromatic heterocycles. The van der Waals surface area contributed by atoms with Crippen LogP contribution in [0.3, 0.4) is 0 Å². The van der Waals surface area contributed by atoms with Crippen LogP contribution in [-0.2, 0) is 152 Å². The van der Waals surface area contributed by atoms with Crippen LogP contribution in [0.2, 0.25) is 0 Å². The summed E-state index contributed by atoms with van der Waals surface area (Å²) in [7, 11) is 0. The number of hydrogen-bond donors (Lipinski definition) is 13. The summed E-state index contributed by atoms with van der Waals surface area (Å²) in [5, 5.41) is 24.3. The number of alkyl carbamates (subject to hydrolysis) is 4. The smallest absolute Gasteiger partial charge is 0.408 e. The van der Waals surface area contributed by atoms with E-state index < -0.39 is 29.6 Å². The summed E-state index contributed by atoms with van der Waals surface area (Å²) in [6, 6.07) is 71.8. The van der Waals surface area contributed by atoms with E-state index in [1.807, 2.05) is 121 Å². The van der Waals surface area contributed by atoms with Crippen LogP contribution in [0.25, 0.3) is 0 Å². The number of carbonyl (C=O) groups is 9. The van der Waals surface area contributed by atoms with Gasteiger partial charge in [0.05, 0.1) is 33.3 Å². The molecule has 16 N–H and O–H groups in total. The van der Waals surface area contributed by atoms with E-state index in [9.17, 15) is 52.7 Å². The molecular formula is C79H84Cl3N13O15Y2-2. The Hall–Kier alpha value is -10.5. The number of halogens is 3. The van der Waals surface area contributed by atoms with Crippen molar-refractivity contribution in [3.63, 3.8) is 0 Å². The Morgan fingerprint density at radius 2 is 0.536 bits per heavy atom. The van der Waals surface area contributed by atoms with E-state index in [4.69, 9.17) is 71.0 Å². The fraction of sp³-hybridized carbons (Fsp3) is 0.177. The number of ether oxygens (including phenoxy) is 4. The molecule has 9 aromatic rings. The molecule has 10 amide bonds. The molecule has 0 aliphatic heterocycles. The van der Waals surface area contributed by atoms with Crippen LogP contribution in [0.5, 0.6) is 0 Å². The van der Waals surface area contributed by atoms with Crippen molar-refractivity contribution in [1.29, 1.82) is 0 Å². The normalized spacial score (nSPS) is 9.55. The Balaban J connectivity index is 0.000000464. The maximum Gasteiger partial charge on any atom is 0.408 e. The molecule has 0 saturated heterocycles. The molecule has 0 spiro atoms. The standard InChI is InChI=1S/C18H18N3O4.C17H17ClN2O3.C17H19N3O3.C10H12N3O2.C9H12N2O2.C8H6Cl2O.2Y/c22-13-19-10-14-6-8-16(9-7-14)17(23)20-12-21-18(24)25-11-15-4-2-1-3-5-15;2*18-10-13-6-8-15(9-7-13)16(21)19-12-20-17(22)23-11-14-4-2-1-3-5-14;11-6-13-10(15)9-3-1-8(2-4-9)5-12-7-14;10-7-11-9(12)13-6-8-4-2-1-3-5-8;9-5-6-1-3-7(4-2-6)8(10)11;;/h1-9H,10-12H2,(H,19,22)(H,20,23)(H,21,24);1-9H,10-12H2,(H,19,21)(H,20,22);1-9H,10-12,18H2,(H,19,21)(H,20,22);1-4H,5-6,11H2,(H,12,14)(H,13,15);1-5H,6-7,10H2,(H,11,12);1-4H,5H2;;/q-1;;;-1;;;;. The van der Waals surface area contributed by atoms with Crippen LogP contribution in [-0.4, -0.2) is 99.4 Å². The van der Waals surface area contributed by atoms with Crippen molar-refractivity contribution in [1.82, 2.24) is 53.2 Å². The first-order chi connectivity index (χ1) is 53.4. The molecule has 0 bridgehead atoms. The molecular weight excluding hydrogens is 1660 g/mol. The molecule has 0 aliphatic carbocycles. The summed E-state index contributed by atoms with van der Waals surface area (Å²) in [6.45, 7) is 2.11. The Morgan fingerprint density at radius 3 is 0.777 bits per heavy atom. The van der Waals surface area contributed by atoms with E-state index in [0.29, 0.717) is 59.2 Å². The van der Waals surface area contributed by atoms with E-state index in [0.717, 1.165) is 50.1 Å². The van der Waals surface area contributed by atoms with Gasteiger partial charge in [-0.3, -0.25) is 24.0 Å². The van der Waals surface area contributed by atoms with Gasteiger partial charge in [0.15, 0.2) is 0 Å². The predicted molar refractivity (Wildman–Crippen MR) is 416 cm³/mol. The maximum atomic E-state index is 11.9. The van der Waals surface area contributed by atoms with Gasteiger partial charge in [-0.25, -0.2) is 19.2 Å². The molecule has 28 nitrogen and oxygen atoms in total. The third-order valence-electron chi connectivity index (χ3n) is 14.1. The van der Waals surface area contributed by atoms with Crippen molar-refractivity contribution in [2.45, 2.75) is 57.8 Å². The number of benzene rings is 9. The van der Waals surface area contributed by atoms with Gasteiger partial charge in [0, 0.05) is 125 Å². The van der Waals surface area contributed by atoms with Crippen LogP contribution in [0, 0.1) is 0 Å². The zero-order valence-electron chi connectivity index (χ0n) is 60.6. The number of hydrogen-bond acceptors (Lipinski definition) is 18. The maximum absolute atomic E-state index is 11.9. The van der Waals surface area contributed by atoms with E-state index in [-0.39, 0.29) is 149 Å².